The fraction of sp³-hybridized carbons (Fsp3) is 0.278. The lowest BCUT2D eigenvalue weighted by Gasteiger charge is -2.09. The Morgan fingerprint density at radius 2 is 1.82 bits per heavy atom. The summed E-state index contributed by atoms with van der Waals surface area (Å²) in [5.41, 5.74) is 1.76. The third-order valence-corrected chi connectivity index (χ3v) is 4.94. The van der Waals surface area contributed by atoms with Gasteiger partial charge in [0.2, 0.25) is 6.33 Å². The van der Waals surface area contributed by atoms with Gasteiger partial charge < -0.3 is 20.7 Å². The second kappa shape index (κ2) is 8.93. The number of carbonyl (C=O) groups excluding carboxylic acids is 2. The van der Waals surface area contributed by atoms with Crippen molar-refractivity contribution in [2.24, 2.45) is 7.05 Å². The minimum Gasteiger partial charge on any atom is -0.390 e. The lowest BCUT2D eigenvalue weighted by Crippen LogP contribution is -2.21. The molecule has 0 aliphatic carbocycles. The normalized spacial score (nSPS) is 10.9. The van der Waals surface area contributed by atoms with Crippen molar-refractivity contribution in [3.8, 4) is 0 Å². The molecule has 0 unspecified atom stereocenters. The van der Waals surface area contributed by atoms with E-state index in [-0.39, 0.29) is 23.7 Å². The maximum atomic E-state index is 13.0. The molecule has 0 spiro atoms. The highest BCUT2D eigenvalue weighted by Gasteiger charge is 2.22. The van der Waals surface area contributed by atoms with Crippen LogP contribution in [0.2, 0.25) is 0 Å². The standard InChI is InChI=1S/C18H20N12O4/c1-4-29-15(17(32)22-13-7-20-26(3)11(13)2)14(8-21-29)23-16(31)12-5-6-27(24-12)10-28-9-19-18(25-28)30(33)34/h5-9H,4,10H2,1-3H3,(H,22,32)(H,23,31). The van der Waals surface area contributed by atoms with Crippen LogP contribution in [-0.4, -0.2) is 60.8 Å². The largest absolute Gasteiger partial charge is 0.491 e. The highest BCUT2D eigenvalue weighted by atomic mass is 16.6. The number of hydrogen-bond acceptors (Lipinski definition) is 9. The topological polar surface area (TPSA) is 186 Å². The van der Waals surface area contributed by atoms with Crippen LogP contribution >= 0.6 is 0 Å². The number of carbonyl (C=O) groups is 2. The van der Waals surface area contributed by atoms with Gasteiger partial charge in [0.1, 0.15) is 5.69 Å². The molecule has 0 saturated heterocycles. The first kappa shape index (κ1) is 22.3. The minimum atomic E-state index is -0.710. The molecule has 16 heteroatoms. The lowest BCUT2D eigenvalue weighted by atomic mass is 10.3. The first-order chi connectivity index (χ1) is 16.3. The molecular weight excluding hydrogens is 448 g/mol. The molecule has 2 amide bonds. The van der Waals surface area contributed by atoms with E-state index in [1.807, 2.05) is 13.8 Å². The van der Waals surface area contributed by atoms with Gasteiger partial charge in [0.05, 0.1) is 29.5 Å². The van der Waals surface area contributed by atoms with Gasteiger partial charge in [0.15, 0.2) is 12.4 Å². The van der Waals surface area contributed by atoms with Crippen LogP contribution in [0.5, 0.6) is 0 Å². The van der Waals surface area contributed by atoms with Gasteiger partial charge in [-0.05, 0) is 24.8 Å². The first-order valence-corrected chi connectivity index (χ1v) is 10.0. The van der Waals surface area contributed by atoms with E-state index in [1.54, 1.807) is 11.7 Å². The molecule has 0 atom stereocenters. The molecule has 0 fully saturated rings. The third kappa shape index (κ3) is 4.36. The molecule has 0 saturated carbocycles. The zero-order chi connectivity index (χ0) is 24.4. The van der Waals surface area contributed by atoms with Crippen molar-refractivity contribution in [1.29, 1.82) is 0 Å². The van der Waals surface area contributed by atoms with Crippen molar-refractivity contribution in [2.75, 3.05) is 10.6 Å². The highest BCUT2D eigenvalue weighted by Crippen LogP contribution is 2.20. The van der Waals surface area contributed by atoms with Gasteiger partial charge in [-0.15, -0.1) is 0 Å². The van der Waals surface area contributed by atoms with Crippen molar-refractivity contribution in [2.45, 2.75) is 27.1 Å². The SMILES string of the molecule is CCn1ncc(NC(=O)c2ccn(Cn3cnc([N+](=O)[O-])n3)n2)c1C(=O)Nc1cnn(C)c1C. The van der Waals surface area contributed by atoms with E-state index in [2.05, 4.69) is 36.0 Å². The van der Waals surface area contributed by atoms with Gasteiger partial charge in [0, 0.05) is 24.9 Å². The Morgan fingerprint density at radius 3 is 2.47 bits per heavy atom. The molecule has 0 bridgehead atoms. The average Bonchev–Trinajstić information content (AvgIpc) is 3.59. The van der Waals surface area contributed by atoms with E-state index in [9.17, 15) is 19.7 Å². The molecule has 4 heterocycles. The predicted octanol–water partition coefficient (Wildman–Crippen LogP) is 0.652. The number of aryl methyl sites for hydroxylation is 2. The molecule has 2 N–H and O–H groups in total. The van der Waals surface area contributed by atoms with Crippen LogP contribution in [0, 0.1) is 17.0 Å². The zero-order valence-electron chi connectivity index (χ0n) is 18.4. The van der Waals surface area contributed by atoms with E-state index in [0.29, 0.717) is 12.2 Å². The molecule has 4 rings (SSSR count). The number of anilines is 2. The monoisotopic (exact) mass is 468 g/mol. The molecule has 0 aliphatic rings. The Labute approximate surface area is 191 Å². The number of nitro groups is 1. The van der Waals surface area contributed by atoms with Crippen LogP contribution in [-0.2, 0) is 20.3 Å². The number of nitrogens with one attached hydrogen (secondary N) is 2. The van der Waals surface area contributed by atoms with Crippen molar-refractivity contribution < 1.29 is 14.5 Å². The summed E-state index contributed by atoms with van der Waals surface area (Å²) in [5, 5.41) is 32.3. The average molecular weight is 468 g/mol. The van der Waals surface area contributed by atoms with Gasteiger partial charge in [-0.25, -0.2) is 4.68 Å². The van der Waals surface area contributed by atoms with E-state index in [0.717, 1.165) is 5.69 Å². The molecule has 0 aliphatic heterocycles. The lowest BCUT2D eigenvalue weighted by molar-refractivity contribution is -0.394. The van der Waals surface area contributed by atoms with Gasteiger partial charge in [-0.2, -0.15) is 20.0 Å². The summed E-state index contributed by atoms with van der Waals surface area (Å²) in [6, 6.07) is 1.46. The Hall–Kier alpha value is -4.89. The number of nitrogens with zero attached hydrogens (tertiary/aromatic N) is 10. The van der Waals surface area contributed by atoms with Crippen molar-refractivity contribution in [3.63, 3.8) is 0 Å². The smallest absolute Gasteiger partial charge is 0.390 e. The maximum absolute atomic E-state index is 13.0. The second-order valence-corrected chi connectivity index (χ2v) is 7.12. The van der Waals surface area contributed by atoms with Crippen molar-refractivity contribution in [1.82, 2.24) is 44.1 Å². The molecule has 4 aromatic heterocycles. The number of amides is 2. The Kier molecular flexibility index (Phi) is 5.86. The van der Waals surface area contributed by atoms with Crippen LogP contribution in [0.4, 0.5) is 17.3 Å². The van der Waals surface area contributed by atoms with Crippen LogP contribution < -0.4 is 10.6 Å². The second-order valence-electron chi connectivity index (χ2n) is 7.12. The summed E-state index contributed by atoms with van der Waals surface area (Å²) in [6.45, 7) is 4.06. The van der Waals surface area contributed by atoms with Gasteiger partial charge in [0.25, 0.3) is 11.8 Å². The fourth-order valence-corrected chi connectivity index (χ4v) is 3.09. The fourth-order valence-electron chi connectivity index (χ4n) is 3.09. The van der Waals surface area contributed by atoms with E-state index >= 15 is 0 Å². The zero-order valence-corrected chi connectivity index (χ0v) is 18.4. The summed E-state index contributed by atoms with van der Waals surface area (Å²) in [6.07, 6.45) is 5.62. The molecule has 0 aromatic carbocycles. The van der Waals surface area contributed by atoms with Crippen LogP contribution in [0.1, 0.15) is 33.6 Å². The predicted molar refractivity (Wildman–Crippen MR) is 116 cm³/mol. The van der Waals surface area contributed by atoms with Crippen molar-refractivity contribution in [3.05, 3.63) is 58.2 Å². The van der Waals surface area contributed by atoms with E-state index in [1.165, 1.54) is 45.0 Å². The number of aromatic nitrogens is 9. The van der Waals surface area contributed by atoms with E-state index < -0.39 is 22.7 Å². The summed E-state index contributed by atoms with van der Waals surface area (Å²) < 4.78 is 5.67. The first-order valence-electron chi connectivity index (χ1n) is 10.0. The molecule has 34 heavy (non-hydrogen) atoms. The molecular formula is C18H20N12O4. The quantitative estimate of drug-likeness (QED) is 0.277. The van der Waals surface area contributed by atoms with Crippen molar-refractivity contribution >= 4 is 29.1 Å². The van der Waals surface area contributed by atoms with Gasteiger partial charge in [-0.3, -0.25) is 19.0 Å². The Bertz CT molecular complexity index is 1380. The summed E-state index contributed by atoms with van der Waals surface area (Å²) in [4.78, 5) is 39.3. The van der Waals surface area contributed by atoms with Crippen LogP contribution in [0.25, 0.3) is 0 Å². The van der Waals surface area contributed by atoms with Crippen LogP contribution in [0.15, 0.2) is 31.0 Å². The van der Waals surface area contributed by atoms with Gasteiger partial charge >= 0.3 is 5.95 Å². The van der Waals surface area contributed by atoms with Crippen LogP contribution in [0.3, 0.4) is 0 Å². The molecule has 4 aromatic rings. The Morgan fingerprint density at radius 1 is 1.09 bits per heavy atom. The summed E-state index contributed by atoms with van der Waals surface area (Å²) >= 11 is 0. The maximum Gasteiger partial charge on any atom is 0.491 e. The molecule has 0 radical (unpaired) electrons. The number of hydrogen-bond donors (Lipinski definition) is 2. The van der Waals surface area contributed by atoms with E-state index in [4.69, 9.17) is 0 Å². The highest BCUT2D eigenvalue weighted by molar-refractivity contribution is 6.11. The number of rotatable bonds is 8. The minimum absolute atomic E-state index is 0.0139. The third-order valence-electron chi connectivity index (χ3n) is 4.94. The Balaban J connectivity index is 1.49. The molecule has 176 valence electrons. The summed E-state index contributed by atoms with van der Waals surface area (Å²) in [7, 11) is 1.76. The van der Waals surface area contributed by atoms with Gasteiger partial charge in [-0.1, -0.05) is 4.98 Å². The molecule has 16 nitrogen and oxygen atoms in total. The summed E-state index contributed by atoms with van der Waals surface area (Å²) in [5.74, 6) is -1.56.